The predicted octanol–water partition coefficient (Wildman–Crippen LogP) is 4.19. The minimum atomic E-state index is 1.05. The highest BCUT2D eigenvalue weighted by Crippen LogP contribution is 2.30. The molecule has 0 fully saturated rings. The monoisotopic (exact) mass is 285 g/mol. The van der Waals surface area contributed by atoms with Crippen LogP contribution in [-0.4, -0.2) is 4.98 Å². The maximum Gasteiger partial charge on any atom is 0.212 e. The number of fused-ring (bicyclic) bond motifs is 3. The van der Waals surface area contributed by atoms with E-state index in [1.807, 2.05) is 6.20 Å². The molecule has 4 rings (SSSR count). The molecule has 0 saturated heterocycles. The number of benzene rings is 2. The maximum atomic E-state index is 4.62. The summed E-state index contributed by atoms with van der Waals surface area (Å²) in [6.45, 7) is 2.15. The van der Waals surface area contributed by atoms with E-state index in [1.54, 1.807) is 0 Å². The summed E-state index contributed by atoms with van der Waals surface area (Å²) in [5.74, 6) is 0. The summed E-state index contributed by atoms with van der Waals surface area (Å²) >= 11 is 0. The first kappa shape index (κ1) is 13.0. The minimum absolute atomic E-state index is 1.05. The van der Waals surface area contributed by atoms with Gasteiger partial charge in [0.15, 0.2) is 6.20 Å². The highest BCUT2D eigenvalue weighted by molar-refractivity contribution is 6.06. The third kappa shape index (κ3) is 1.96. The molecule has 2 heterocycles. The average Bonchev–Trinajstić information content (AvgIpc) is 2.55. The summed E-state index contributed by atoms with van der Waals surface area (Å²) in [4.78, 5) is 4.62. The maximum absolute atomic E-state index is 4.62. The Morgan fingerprint density at radius 2 is 1.73 bits per heavy atom. The number of hydrogen-bond acceptors (Lipinski definition) is 1. The first-order valence-electron chi connectivity index (χ1n) is 7.47. The SMILES string of the molecule is Cc1cc2ncc3ccccc3c2cc1-c1cccc[n+]1C. The van der Waals surface area contributed by atoms with Crippen LogP contribution >= 0.6 is 0 Å². The zero-order chi connectivity index (χ0) is 15.1. The smallest absolute Gasteiger partial charge is 0.212 e. The van der Waals surface area contributed by atoms with Crippen molar-refractivity contribution in [3.05, 3.63) is 72.6 Å². The van der Waals surface area contributed by atoms with Crippen LogP contribution < -0.4 is 4.57 Å². The van der Waals surface area contributed by atoms with E-state index >= 15 is 0 Å². The third-order valence-electron chi connectivity index (χ3n) is 4.27. The van der Waals surface area contributed by atoms with Gasteiger partial charge in [0.05, 0.1) is 5.52 Å². The van der Waals surface area contributed by atoms with Gasteiger partial charge in [0.25, 0.3) is 0 Å². The van der Waals surface area contributed by atoms with Gasteiger partial charge in [0.1, 0.15) is 7.05 Å². The molecule has 0 atom stereocenters. The number of aromatic nitrogens is 2. The molecule has 0 aliphatic carbocycles. The van der Waals surface area contributed by atoms with Gasteiger partial charge >= 0.3 is 0 Å². The van der Waals surface area contributed by atoms with Crippen LogP contribution in [0.15, 0.2) is 67.0 Å². The van der Waals surface area contributed by atoms with E-state index in [4.69, 9.17) is 0 Å². The van der Waals surface area contributed by atoms with Crippen LogP contribution in [0.25, 0.3) is 32.9 Å². The third-order valence-corrected chi connectivity index (χ3v) is 4.27. The molecule has 0 saturated carbocycles. The fourth-order valence-corrected chi connectivity index (χ4v) is 3.09. The fourth-order valence-electron chi connectivity index (χ4n) is 3.09. The second-order valence-corrected chi connectivity index (χ2v) is 5.73. The zero-order valence-electron chi connectivity index (χ0n) is 12.7. The van der Waals surface area contributed by atoms with Crippen LogP contribution in [0.2, 0.25) is 0 Å². The standard InChI is InChI=1S/C20H17N2/c1-14-11-19-18(16-8-4-3-7-15(16)13-21-19)12-17(14)20-9-5-6-10-22(20)2/h3-13H,1-2H3/q+1. The van der Waals surface area contributed by atoms with Gasteiger partial charge in [-0.15, -0.1) is 0 Å². The van der Waals surface area contributed by atoms with E-state index < -0.39 is 0 Å². The summed E-state index contributed by atoms with van der Waals surface area (Å²) in [6.07, 6.45) is 4.04. The summed E-state index contributed by atoms with van der Waals surface area (Å²) in [7, 11) is 2.08. The van der Waals surface area contributed by atoms with Crippen LogP contribution in [0.1, 0.15) is 5.56 Å². The molecule has 2 aromatic heterocycles. The molecule has 2 nitrogen and oxygen atoms in total. The number of hydrogen-bond donors (Lipinski definition) is 0. The Balaban J connectivity index is 2.10. The average molecular weight is 285 g/mol. The highest BCUT2D eigenvalue weighted by Gasteiger charge is 2.13. The molecule has 0 bridgehead atoms. The molecule has 4 aromatic rings. The Morgan fingerprint density at radius 1 is 0.909 bits per heavy atom. The normalized spacial score (nSPS) is 11.2. The molecule has 0 aliphatic heterocycles. The van der Waals surface area contributed by atoms with Crippen molar-refractivity contribution in [3.63, 3.8) is 0 Å². The molecule has 0 radical (unpaired) electrons. The van der Waals surface area contributed by atoms with Gasteiger partial charge in [-0.05, 0) is 36.1 Å². The van der Waals surface area contributed by atoms with Gasteiger partial charge in [0, 0.05) is 34.7 Å². The van der Waals surface area contributed by atoms with Crippen molar-refractivity contribution in [1.29, 1.82) is 0 Å². The van der Waals surface area contributed by atoms with E-state index in [0.717, 1.165) is 5.52 Å². The summed E-state index contributed by atoms with van der Waals surface area (Å²) in [5, 5.41) is 3.65. The van der Waals surface area contributed by atoms with Crippen molar-refractivity contribution >= 4 is 21.7 Å². The van der Waals surface area contributed by atoms with Crippen molar-refractivity contribution < 1.29 is 4.57 Å². The molecular weight excluding hydrogens is 268 g/mol. The Hall–Kier alpha value is -2.74. The molecular formula is C20H17N2+. The highest BCUT2D eigenvalue weighted by atomic mass is 14.9. The van der Waals surface area contributed by atoms with Crippen LogP contribution in [0, 0.1) is 6.92 Å². The van der Waals surface area contributed by atoms with Gasteiger partial charge < -0.3 is 0 Å². The Bertz CT molecular complexity index is 1000. The molecule has 2 aromatic carbocycles. The second-order valence-electron chi connectivity index (χ2n) is 5.73. The molecule has 0 aliphatic rings. The lowest BCUT2D eigenvalue weighted by atomic mass is 9.98. The van der Waals surface area contributed by atoms with Crippen LogP contribution in [0.5, 0.6) is 0 Å². The summed E-state index contributed by atoms with van der Waals surface area (Å²) in [5.41, 5.74) is 4.78. The fraction of sp³-hybridized carbons (Fsp3) is 0.100. The van der Waals surface area contributed by atoms with Crippen molar-refractivity contribution in [2.75, 3.05) is 0 Å². The molecule has 2 heteroatoms. The Morgan fingerprint density at radius 3 is 2.59 bits per heavy atom. The molecule has 0 spiro atoms. The van der Waals surface area contributed by atoms with Crippen molar-refractivity contribution in [2.45, 2.75) is 6.92 Å². The van der Waals surface area contributed by atoms with Crippen molar-refractivity contribution in [1.82, 2.24) is 4.98 Å². The van der Waals surface area contributed by atoms with Gasteiger partial charge in [-0.1, -0.05) is 24.3 Å². The predicted molar refractivity (Wildman–Crippen MR) is 90.6 cm³/mol. The Labute approximate surface area is 129 Å². The van der Waals surface area contributed by atoms with Gasteiger partial charge in [-0.25, -0.2) is 4.57 Å². The summed E-state index contributed by atoms with van der Waals surface area (Å²) in [6, 6.07) is 19.2. The van der Waals surface area contributed by atoms with Crippen molar-refractivity contribution in [3.8, 4) is 11.3 Å². The largest absolute Gasteiger partial charge is 0.256 e. The number of pyridine rings is 2. The lowest BCUT2D eigenvalue weighted by Gasteiger charge is -2.08. The molecule has 0 amide bonds. The van der Waals surface area contributed by atoms with E-state index in [2.05, 4.69) is 84.3 Å². The van der Waals surface area contributed by atoms with Gasteiger partial charge in [0.2, 0.25) is 5.69 Å². The first-order chi connectivity index (χ1) is 10.7. The van der Waals surface area contributed by atoms with Crippen LogP contribution in [0.4, 0.5) is 0 Å². The Kier molecular flexibility index (Phi) is 2.90. The minimum Gasteiger partial charge on any atom is -0.256 e. The van der Waals surface area contributed by atoms with Crippen LogP contribution in [0.3, 0.4) is 0 Å². The topological polar surface area (TPSA) is 16.8 Å². The van der Waals surface area contributed by atoms with Crippen LogP contribution in [-0.2, 0) is 7.05 Å². The van der Waals surface area contributed by atoms with E-state index in [1.165, 1.54) is 33.0 Å². The summed E-state index contributed by atoms with van der Waals surface area (Å²) < 4.78 is 2.16. The van der Waals surface area contributed by atoms with Gasteiger partial charge in [-0.3, -0.25) is 4.98 Å². The number of aryl methyl sites for hydroxylation is 2. The molecule has 22 heavy (non-hydrogen) atoms. The number of rotatable bonds is 1. The zero-order valence-corrected chi connectivity index (χ0v) is 12.7. The second kappa shape index (κ2) is 4.92. The first-order valence-corrected chi connectivity index (χ1v) is 7.47. The van der Waals surface area contributed by atoms with Gasteiger partial charge in [-0.2, -0.15) is 0 Å². The lowest BCUT2D eigenvalue weighted by molar-refractivity contribution is -0.660. The van der Waals surface area contributed by atoms with E-state index in [9.17, 15) is 0 Å². The van der Waals surface area contributed by atoms with Crippen molar-refractivity contribution in [2.24, 2.45) is 7.05 Å². The lowest BCUT2D eigenvalue weighted by Crippen LogP contribution is -2.30. The number of nitrogens with zero attached hydrogens (tertiary/aromatic N) is 2. The molecule has 106 valence electrons. The molecule has 0 unspecified atom stereocenters. The molecule has 0 N–H and O–H groups in total. The van der Waals surface area contributed by atoms with E-state index in [-0.39, 0.29) is 0 Å². The van der Waals surface area contributed by atoms with E-state index in [0.29, 0.717) is 0 Å². The quantitative estimate of drug-likeness (QED) is 0.378.